The van der Waals surface area contributed by atoms with E-state index >= 15 is 0 Å². The zero-order valence-corrected chi connectivity index (χ0v) is 19.9. The van der Waals surface area contributed by atoms with E-state index in [4.69, 9.17) is 0 Å². The standard InChI is InChI=1S/C24H27N3O3S2/c1-17-8-7-13-27(16-17)32(29,30)21-12-6-11-20(14-21)23(28)25-15-22-18(2)26-24(31-22)19-9-4-3-5-10-19/h3-6,9-12,14,17H,7-8,13,15-16H2,1-2H3,(H,25,28). The lowest BCUT2D eigenvalue weighted by atomic mass is 10.0. The first-order chi connectivity index (χ1) is 15.3. The molecule has 1 aliphatic heterocycles. The first-order valence-corrected chi connectivity index (χ1v) is 13.0. The van der Waals surface area contributed by atoms with E-state index in [1.54, 1.807) is 29.5 Å². The predicted octanol–water partition coefficient (Wildman–Crippen LogP) is 4.47. The normalized spacial score (nSPS) is 17.2. The Balaban J connectivity index is 1.46. The second kappa shape index (κ2) is 9.52. The van der Waals surface area contributed by atoms with E-state index in [2.05, 4.69) is 17.2 Å². The summed E-state index contributed by atoms with van der Waals surface area (Å²) < 4.78 is 27.6. The molecule has 168 valence electrons. The number of hydrogen-bond acceptors (Lipinski definition) is 5. The lowest BCUT2D eigenvalue weighted by Crippen LogP contribution is -2.39. The summed E-state index contributed by atoms with van der Waals surface area (Å²) in [6, 6.07) is 16.2. The number of rotatable bonds is 6. The smallest absolute Gasteiger partial charge is 0.251 e. The number of aryl methyl sites for hydroxylation is 1. The van der Waals surface area contributed by atoms with E-state index in [1.165, 1.54) is 10.4 Å². The monoisotopic (exact) mass is 469 g/mol. The van der Waals surface area contributed by atoms with Crippen LogP contribution in [0.15, 0.2) is 59.5 Å². The first kappa shape index (κ1) is 22.6. The number of hydrogen-bond donors (Lipinski definition) is 1. The summed E-state index contributed by atoms with van der Waals surface area (Å²) >= 11 is 1.55. The van der Waals surface area contributed by atoms with Crippen LogP contribution in [0.25, 0.3) is 10.6 Å². The van der Waals surface area contributed by atoms with Crippen LogP contribution in [0.2, 0.25) is 0 Å². The highest BCUT2D eigenvalue weighted by Crippen LogP contribution is 2.28. The van der Waals surface area contributed by atoms with Crippen LogP contribution in [0.4, 0.5) is 0 Å². The number of piperidine rings is 1. The molecule has 1 aliphatic rings. The van der Waals surface area contributed by atoms with E-state index in [1.807, 2.05) is 37.3 Å². The average Bonchev–Trinajstić information content (AvgIpc) is 3.18. The topological polar surface area (TPSA) is 79.4 Å². The van der Waals surface area contributed by atoms with Crippen molar-refractivity contribution in [1.82, 2.24) is 14.6 Å². The first-order valence-electron chi connectivity index (χ1n) is 10.7. The molecule has 1 unspecified atom stereocenters. The highest BCUT2D eigenvalue weighted by molar-refractivity contribution is 7.89. The molecule has 32 heavy (non-hydrogen) atoms. The summed E-state index contributed by atoms with van der Waals surface area (Å²) in [5, 5.41) is 3.82. The van der Waals surface area contributed by atoms with Gasteiger partial charge >= 0.3 is 0 Å². The van der Waals surface area contributed by atoms with Crippen molar-refractivity contribution in [2.75, 3.05) is 13.1 Å². The van der Waals surface area contributed by atoms with Crippen molar-refractivity contribution in [3.63, 3.8) is 0 Å². The molecule has 6 nitrogen and oxygen atoms in total. The number of benzene rings is 2. The van der Waals surface area contributed by atoms with Crippen LogP contribution in [-0.4, -0.2) is 36.7 Å². The fraction of sp³-hybridized carbons (Fsp3) is 0.333. The molecule has 8 heteroatoms. The van der Waals surface area contributed by atoms with Gasteiger partial charge in [-0.05, 0) is 43.9 Å². The highest BCUT2D eigenvalue weighted by Gasteiger charge is 2.29. The quantitative estimate of drug-likeness (QED) is 0.578. The maximum absolute atomic E-state index is 13.1. The molecule has 4 rings (SSSR count). The molecule has 0 radical (unpaired) electrons. The second-order valence-corrected chi connectivity index (χ2v) is 11.2. The molecule has 1 N–H and O–H groups in total. The van der Waals surface area contributed by atoms with Crippen molar-refractivity contribution in [3.05, 3.63) is 70.7 Å². The average molecular weight is 470 g/mol. The van der Waals surface area contributed by atoms with Crippen LogP contribution in [0.5, 0.6) is 0 Å². The zero-order valence-electron chi connectivity index (χ0n) is 18.2. The van der Waals surface area contributed by atoms with Crippen LogP contribution in [0.3, 0.4) is 0 Å². The van der Waals surface area contributed by atoms with Crippen molar-refractivity contribution in [2.24, 2.45) is 5.92 Å². The van der Waals surface area contributed by atoms with E-state index in [-0.39, 0.29) is 10.8 Å². The Kier molecular flexibility index (Phi) is 6.74. The van der Waals surface area contributed by atoms with Crippen molar-refractivity contribution < 1.29 is 13.2 Å². The lowest BCUT2D eigenvalue weighted by Gasteiger charge is -2.30. The van der Waals surface area contributed by atoms with Gasteiger partial charge in [0.1, 0.15) is 5.01 Å². The van der Waals surface area contributed by atoms with E-state index in [0.717, 1.165) is 34.0 Å². The van der Waals surface area contributed by atoms with Gasteiger partial charge in [0.25, 0.3) is 5.91 Å². The van der Waals surface area contributed by atoms with Gasteiger partial charge in [-0.15, -0.1) is 11.3 Å². The number of nitrogens with zero attached hydrogens (tertiary/aromatic N) is 2. The third kappa shape index (κ3) is 4.92. The molecule has 2 aromatic carbocycles. The maximum atomic E-state index is 13.1. The molecule has 0 saturated carbocycles. The van der Waals surface area contributed by atoms with E-state index < -0.39 is 10.0 Å². The summed E-state index contributed by atoms with van der Waals surface area (Å²) in [5.41, 5.74) is 2.26. The molecular weight excluding hydrogens is 442 g/mol. The maximum Gasteiger partial charge on any atom is 0.251 e. The third-order valence-electron chi connectivity index (χ3n) is 5.68. The van der Waals surface area contributed by atoms with Crippen LogP contribution < -0.4 is 5.32 Å². The van der Waals surface area contributed by atoms with Crippen LogP contribution in [0.1, 0.15) is 40.7 Å². The highest BCUT2D eigenvalue weighted by atomic mass is 32.2. The number of thiazole rings is 1. The Morgan fingerprint density at radius 2 is 1.97 bits per heavy atom. The van der Waals surface area contributed by atoms with Crippen LogP contribution in [0, 0.1) is 12.8 Å². The van der Waals surface area contributed by atoms with Gasteiger partial charge in [0.05, 0.1) is 17.1 Å². The third-order valence-corrected chi connectivity index (χ3v) is 8.74. The summed E-state index contributed by atoms with van der Waals surface area (Å²) in [6.07, 6.45) is 1.90. The Bertz CT molecular complexity index is 1210. The molecule has 1 atom stereocenters. The molecule has 0 spiro atoms. The van der Waals surface area contributed by atoms with E-state index in [0.29, 0.717) is 31.1 Å². The fourth-order valence-corrected chi connectivity index (χ4v) is 6.52. The van der Waals surface area contributed by atoms with Crippen molar-refractivity contribution in [1.29, 1.82) is 0 Å². The van der Waals surface area contributed by atoms with Gasteiger partial charge in [0.15, 0.2) is 0 Å². The van der Waals surface area contributed by atoms with E-state index in [9.17, 15) is 13.2 Å². The number of aromatic nitrogens is 1. The van der Waals surface area contributed by atoms with Gasteiger partial charge in [0.2, 0.25) is 10.0 Å². The summed E-state index contributed by atoms with van der Waals surface area (Å²) in [5.74, 6) is 0.0385. The van der Waals surface area contributed by atoms with Gasteiger partial charge in [-0.25, -0.2) is 13.4 Å². The summed E-state index contributed by atoms with van der Waals surface area (Å²) in [6.45, 7) is 5.38. The van der Waals surface area contributed by atoms with Crippen LogP contribution in [-0.2, 0) is 16.6 Å². The number of amides is 1. The molecule has 0 aliphatic carbocycles. The summed E-state index contributed by atoms with van der Waals surface area (Å²) in [4.78, 5) is 18.5. The fourth-order valence-electron chi connectivity index (χ4n) is 3.87. The molecule has 1 aromatic heterocycles. The second-order valence-electron chi connectivity index (χ2n) is 8.21. The number of sulfonamides is 1. The number of carbonyl (C=O) groups excluding carboxylic acids is 1. The van der Waals surface area contributed by atoms with Gasteiger partial charge in [0, 0.05) is 29.1 Å². The molecule has 1 amide bonds. The Hall–Kier alpha value is -2.55. The minimum Gasteiger partial charge on any atom is -0.347 e. The van der Waals surface area contributed by atoms with Gasteiger partial charge < -0.3 is 5.32 Å². The van der Waals surface area contributed by atoms with Crippen molar-refractivity contribution >= 4 is 27.3 Å². The SMILES string of the molecule is Cc1nc(-c2ccccc2)sc1CNC(=O)c1cccc(S(=O)(=O)N2CCCC(C)C2)c1. The Morgan fingerprint density at radius 3 is 2.72 bits per heavy atom. The molecule has 0 bridgehead atoms. The molecular formula is C24H27N3O3S2. The van der Waals surface area contributed by atoms with Gasteiger partial charge in [-0.3, -0.25) is 4.79 Å². The molecule has 1 fully saturated rings. The molecule has 2 heterocycles. The Labute approximate surface area is 193 Å². The minimum absolute atomic E-state index is 0.166. The van der Waals surface area contributed by atoms with Crippen molar-refractivity contribution in [2.45, 2.75) is 38.1 Å². The number of nitrogens with one attached hydrogen (secondary N) is 1. The Morgan fingerprint density at radius 1 is 1.19 bits per heavy atom. The predicted molar refractivity (Wildman–Crippen MR) is 127 cm³/mol. The van der Waals surface area contributed by atoms with Crippen LogP contribution >= 0.6 is 11.3 Å². The summed E-state index contributed by atoms with van der Waals surface area (Å²) in [7, 11) is -3.61. The largest absolute Gasteiger partial charge is 0.347 e. The minimum atomic E-state index is -3.61. The molecule has 3 aromatic rings. The zero-order chi connectivity index (χ0) is 22.7. The molecule has 1 saturated heterocycles. The van der Waals surface area contributed by atoms with Crippen molar-refractivity contribution in [3.8, 4) is 10.6 Å². The van der Waals surface area contributed by atoms with Gasteiger partial charge in [-0.1, -0.05) is 43.3 Å². The van der Waals surface area contributed by atoms with Gasteiger partial charge in [-0.2, -0.15) is 4.31 Å². The number of carbonyl (C=O) groups is 1. The lowest BCUT2D eigenvalue weighted by molar-refractivity contribution is 0.0951.